The van der Waals surface area contributed by atoms with Gasteiger partial charge in [-0.15, -0.1) is 0 Å². The molecular weight excluding hydrogens is 284 g/mol. The SMILES string of the molecule is Nc1nc(NO)nc2c1ncn2C1OC(CO)C(O)C1O. The van der Waals surface area contributed by atoms with Crippen LogP contribution in [0.2, 0.25) is 0 Å². The number of hydrogen-bond acceptors (Lipinski definition) is 10. The molecule has 2 aromatic rings. The monoisotopic (exact) mass is 298 g/mol. The van der Waals surface area contributed by atoms with Crippen molar-refractivity contribution in [3.63, 3.8) is 0 Å². The predicted molar refractivity (Wildman–Crippen MR) is 68.2 cm³/mol. The molecule has 1 aliphatic rings. The van der Waals surface area contributed by atoms with Gasteiger partial charge >= 0.3 is 0 Å². The van der Waals surface area contributed by atoms with Crippen LogP contribution in [0.25, 0.3) is 11.2 Å². The van der Waals surface area contributed by atoms with Crippen LogP contribution in [-0.2, 0) is 4.74 Å². The van der Waals surface area contributed by atoms with Crippen LogP contribution < -0.4 is 11.2 Å². The van der Waals surface area contributed by atoms with Gasteiger partial charge in [0.1, 0.15) is 23.8 Å². The van der Waals surface area contributed by atoms with Crippen molar-refractivity contribution >= 4 is 22.9 Å². The van der Waals surface area contributed by atoms with Crippen LogP contribution in [0.15, 0.2) is 6.33 Å². The molecule has 11 heteroatoms. The Balaban J connectivity index is 2.07. The first-order chi connectivity index (χ1) is 10.1. The lowest BCUT2D eigenvalue weighted by atomic mass is 10.1. The highest BCUT2D eigenvalue weighted by molar-refractivity contribution is 5.82. The molecule has 0 aliphatic carbocycles. The van der Waals surface area contributed by atoms with E-state index < -0.39 is 31.1 Å². The molecule has 7 N–H and O–H groups in total. The molecule has 21 heavy (non-hydrogen) atoms. The number of aliphatic hydroxyl groups is 3. The lowest BCUT2D eigenvalue weighted by molar-refractivity contribution is -0.0511. The summed E-state index contributed by atoms with van der Waals surface area (Å²) in [6.45, 7) is -0.443. The second-order valence-electron chi connectivity index (χ2n) is 4.60. The van der Waals surface area contributed by atoms with E-state index >= 15 is 0 Å². The Bertz CT molecular complexity index is 663. The maximum atomic E-state index is 10.0. The minimum absolute atomic E-state index is 0.0297. The van der Waals surface area contributed by atoms with Gasteiger partial charge in [0.05, 0.1) is 12.9 Å². The molecule has 1 aliphatic heterocycles. The molecular formula is C10H14N6O5. The number of hydrogen-bond donors (Lipinski definition) is 6. The minimum Gasteiger partial charge on any atom is -0.394 e. The summed E-state index contributed by atoms with van der Waals surface area (Å²) >= 11 is 0. The summed E-state index contributed by atoms with van der Waals surface area (Å²) in [5.41, 5.74) is 7.92. The Kier molecular flexibility index (Phi) is 3.35. The van der Waals surface area contributed by atoms with Crippen LogP contribution >= 0.6 is 0 Å². The standard InChI is InChI=1S/C10H14N6O5/c11-7-4-8(14-10(13-7)15-20)16(2-12-4)9-6(19)5(18)3(1-17)21-9/h2-3,5-6,9,17-20H,1H2,(H3,11,13,14,15). The van der Waals surface area contributed by atoms with Crippen molar-refractivity contribution in [2.45, 2.75) is 24.5 Å². The Morgan fingerprint density at radius 2 is 2.10 bits per heavy atom. The van der Waals surface area contributed by atoms with E-state index in [1.807, 2.05) is 0 Å². The van der Waals surface area contributed by atoms with E-state index in [9.17, 15) is 10.2 Å². The Labute approximate surface area is 117 Å². The van der Waals surface area contributed by atoms with Crippen LogP contribution in [0.1, 0.15) is 6.23 Å². The van der Waals surface area contributed by atoms with E-state index in [1.165, 1.54) is 10.9 Å². The van der Waals surface area contributed by atoms with Gasteiger partial charge in [0.25, 0.3) is 5.95 Å². The van der Waals surface area contributed by atoms with E-state index in [-0.39, 0.29) is 22.9 Å². The van der Waals surface area contributed by atoms with Crippen molar-refractivity contribution < 1.29 is 25.3 Å². The molecule has 0 spiro atoms. The quantitative estimate of drug-likeness (QED) is 0.342. The number of aromatic nitrogens is 4. The van der Waals surface area contributed by atoms with Gasteiger partial charge in [-0.3, -0.25) is 9.77 Å². The third-order valence-corrected chi connectivity index (χ3v) is 3.34. The van der Waals surface area contributed by atoms with Gasteiger partial charge < -0.3 is 25.8 Å². The summed E-state index contributed by atoms with van der Waals surface area (Å²) < 4.78 is 6.73. The minimum atomic E-state index is -1.28. The van der Waals surface area contributed by atoms with Gasteiger partial charge in [-0.05, 0) is 0 Å². The predicted octanol–water partition coefficient (Wildman–Crippen LogP) is -2.18. The molecule has 114 valence electrons. The van der Waals surface area contributed by atoms with E-state index in [0.29, 0.717) is 0 Å². The zero-order valence-corrected chi connectivity index (χ0v) is 10.7. The number of nitrogen functional groups attached to an aromatic ring is 1. The van der Waals surface area contributed by atoms with E-state index in [1.54, 1.807) is 5.48 Å². The van der Waals surface area contributed by atoms with Crippen molar-refractivity contribution in [1.29, 1.82) is 0 Å². The van der Waals surface area contributed by atoms with Crippen LogP contribution in [0.4, 0.5) is 11.8 Å². The first kappa shape index (κ1) is 13.9. The smallest absolute Gasteiger partial charge is 0.251 e. The van der Waals surface area contributed by atoms with Gasteiger partial charge in [0.2, 0.25) is 0 Å². The molecule has 3 heterocycles. The third-order valence-electron chi connectivity index (χ3n) is 3.34. The van der Waals surface area contributed by atoms with Gasteiger partial charge in [-0.25, -0.2) is 10.5 Å². The number of anilines is 2. The topological polar surface area (TPSA) is 172 Å². The number of nitrogens with one attached hydrogen (secondary N) is 1. The fourth-order valence-corrected chi connectivity index (χ4v) is 2.28. The van der Waals surface area contributed by atoms with Crippen molar-refractivity contribution in [1.82, 2.24) is 19.5 Å². The summed E-state index contributed by atoms with van der Waals surface area (Å²) in [4.78, 5) is 11.8. The zero-order valence-electron chi connectivity index (χ0n) is 10.7. The molecule has 3 rings (SSSR count). The average molecular weight is 298 g/mol. The number of nitrogens with zero attached hydrogens (tertiary/aromatic N) is 4. The number of aliphatic hydroxyl groups excluding tert-OH is 3. The molecule has 1 saturated heterocycles. The first-order valence-electron chi connectivity index (χ1n) is 6.09. The highest BCUT2D eigenvalue weighted by Crippen LogP contribution is 2.32. The van der Waals surface area contributed by atoms with Gasteiger partial charge in [-0.2, -0.15) is 9.97 Å². The number of nitrogens with two attached hydrogens (primary N) is 1. The fraction of sp³-hybridized carbons (Fsp3) is 0.500. The highest BCUT2D eigenvalue weighted by Gasteiger charge is 2.44. The molecule has 0 bridgehead atoms. The van der Waals surface area contributed by atoms with E-state index in [0.717, 1.165) is 0 Å². The second kappa shape index (κ2) is 5.05. The number of ether oxygens (including phenoxy) is 1. The van der Waals surface area contributed by atoms with Crippen LogP contribution in [0, 0.1) is 0 Å². The van der Waals surface area contributed by atoms with Crippen molar-refractivity contribution in [2.24, 2.45) is 0 Å². The molecule has 1 fully saturated rings. The third kappa shape index (κ3) is 2.07. The Morgan fingerprint density at radius 1 is 1.33 bits per heavy atom. The van der Waals surface area contributed by atoms with Gasteiger partial charge in [0.15, 0.2) is 17.7 Å². The summed E-state index contributed by atoms with van der Waals surface area (Å²) in [5, 5.41) is 37.8. The summed E-state index contributed by atoms with van der Waals surface area (Å²) in [6.07, 6.45) is -3.12. The Morgan fingerprint density at radius 3 is 2.71 bits per heavy atom. The van der Waals surface area contributed by atoms with Crippen LogP contribution in [0.3, 0.4) is 0 Å². The number of fused-ring (bicyclic) bond motifs is 1. The highest BCUT2D eigenvalue weighted by atomic mass is 16.6. The van der Waals surface area contributed by atoms with Gasteiger partial charge in [0, 0.05) is 0 Å². The van der Waals surface area contributed by atoms with Crippen molar-refractivity contribution in [3.05, 3.63) is 6.33 Å². The fourth-order valence-electron chi connectivity index (χ4n) is 2.28. The maximum Gasteiger partial charge on any atom is 0.251 e. The molecule has 0 radical (unpaired) electrons. The molecule has 0 amide bonds. The van der Waals surface area contributed by atoms with Crippen molar-refractivity contribution in [2.75, 3.05) is 17.8 Å². The zero-order chi connectivity index (χ0) is 15.1. The van der Waals surface area contributed by atoms with Crippen LogP contribution in [-0.4, -0.2) is 65.0 Å². The molecule has 2 aromatic heterocycles. The molecule has 0 saturated carbocycles. The van der Waals surface area contributed by atoms with E-state index in [4.69, 9.17) is 20.8 Å². The molecule has 0 aromatic carbocycles. The lowest BCUT2D eigenvalue weighted by Crippen LogP contribution is -2.33. The normalized spacial score (nSPS) is 29.1. The van der Waals surface area contributed by atoms with Gasteiger partial charge in [-0.1, -0.05) is 0 Å². The lowest BCUT2D eigenvalue weighted by Gasteiger charge is -2.16. The van der Waals surface area contributed by atoms with Crippen LogP contribution in [0.5, 0.6) is 0 Å². The van der Waals surface area contributed by atoms with E-state index in [2.05, 4.69) is 15.0 Å². The maximum absolute atomic E-state index is 10.0. The molecule has 11 nitrogen and oxygen atoms in total. The largest absolute Gasteiger partial charge is 0.394 e. The summed E-state index contributed by atoms with van der Waals surface area (Å²) in [6, 6.07) is 0. The average Bonchev–Trinajstić information content (AvgIpc) is 3.02. The number of imidazole rings is 1. The summed E-state index contributed by atoms with van der Waals surface area (Å²) in [5.74, 6) is -0.115. The molecule has 4 atom stereocenters. The Hall–Kier alpha value is -2.05. The molecule has 4 unspecified atom stereocenters. The number of rotatable bonds is 3. The first-order valence-corrected chi connectivity index (χ1v) is 6.09. The summed E-state index contributed by atoms with van der Waals surface area (Å²) in [7, 11) is 0. The second-order valence-corrected chi connectivity index (χ2v) is 4.60. The van der Waals surface area contributed by atoms with Crippen molar-refractivity contribution in [3.8, 4) is 0 Å².